The van der Waals surface area contributed by atoms with Crippen molar-refractivity contribution < 1.29 is 9.53 Å². The van der Waals surface area contributed by atoms with Gasteiger partial charge in [-0.25, -0.2) is 0 Å². The molecular formula is C12H25NO2. The summed E-state index contributed by atoms with van der Waals surface area (Å²) in [6.07, 6.45) is 5.77. The maximum Gasteiger partial charge on any atom is 0.307 e. The molecule has 0 rings (SSSR count). The fourth-order valence-electron chi connectivity index (χ4n) is 1.22. The van der Waals surface area contributed by atoms with Crippen molar-refractivity contribution in [1.29, 1.82) is 0 Å². The third kappa shape index (κ3) is 8.43. The van der Waals surface area contributed by atoms with Gasteiger partial charge in [0.05, 0.1) is 0 Å². The van der Waals surface area contributed by atoms with Crippen molar-refractivity contribution in [2.45, 2.75) is 65.5 Å². The highest BCUT2D eigenvalue weighted by Crippen LogP contribution is 2.07. The maximum absolute atomic E-state index is 11.3. The van der Waals surface area contributed by atoms with Gasteiger partial charge in [0.1, 0.15) is 0 Å². The van der Waals surface area contributed by atoms with Crippen LogP contribution in [0.1, 0.15) is 59.3 Å². The molecule has 1 unspecified atom stereocenters. The summed E-state index contributed by atoms with van der Waals surface area (Å²) in [6, 6.07) is 0. The second-order valence-corrected chi connectivity index (χ2v) is 4.36. The minimum atomic E-state index is -0.451. The summed E-state index contributed by atoms with van der Waals surface area (Å²) in [4.78, 5) is 11.3. The molecule has 0 aromatic heterocycles. The third-order valence-corrected chi connectivity index (χ3v) is 2.41. The van der Waals surface area contributed by atoms with Gasteiger partial charge in [-0.3, -0.25) is 10.5 Å². The molecule has 2 N–H and O–H groups in total. The largest absolute Gasteiger partial charge is 0.447 e. The minimum absolute atomic E-state index is 0.160. The first-order valence-electron chi connectivity index (χ1n) is 6.03. The Morgan fingerprint density at radius 1 is 1.20 bits per heavy atom. The average Bonchev–Trinajstić information content (AvgIpc) is 2.17. The minimum Gasteiger partial charge on any atom is -0.447 e. The van der Waals surface area contributed by atoms with E-state index in [0.29, 0.717) is 6.42 Å². The van der Waals surface area contributed by atoms with E-state index in [0.717, 1.165) is 12.8 Å². The van der Waals surface area contributed by atoms with Gasteiger partial charge in [-0.1, -0.05) is 46.5 Å². The van der Waals surface area contributed by atoms with E-state index in [1.165, 1.54) is 19.3 Å². The van der Waals surface area contributed by atoms with Crippen molar-refractivity contribution in [1.82, 2.24) is 0 Å². The van der Waals surface area contributed by atoms with Crippen molar-refractivity contribution in [2.75, 3.05) is 0 Å². The lowest BCUT2D eigenvalue weighted by Gasteiger charge is -2.16. The van der Waals surface area contributed by atoms with Crippen LogP contribution in [0.4, 0.5) is 0 Å². The Hall–Kier alpha value is -0.570. The highest BCUT2D eigenvalue weighted by Gasteiger charge is 2.12. The SMILES string of the molecule is CCCCCCCC(=O)OC(N)C(C)C. The van der Waals surface area contributed by atoms with E-state index < -0.39 is 6.23 Å². The number of rotatable bonds is 8. The Labute approximate surface area is 93.4 Å². The van der Waals surface area contributed by atoms with Gasteiger partial charge in [-0.05, 0) is 6.42 Å². The number of hydrogen-bond donors (Lipinski definition) is 1. The van der Waals surface area contributed by atoms with Crippen LogP contribution < -0.4 is 5.73 Å². The molecular weight excluding hydrogens is 190 g/mol. The molecule has 0 bridgehead atoms. The van der Waals surface area contributed by atoms with Crippen molar-refractivity contribution in [3.8, 4) is 0 Å². The van der Waals surface area contributed by atoms with Crippen LogP contribution in [0.2, 0.25) is 0 Å². The van der Waals surface area contributed by atoms with E-state index in [1.54, 1.807) is 0 Å². The highest BCUT2D eigenvalue weighted by atomic mass is 16.6. The van der Waals surface area contributed by atoms with Gasteiger partial charge in [0.15, 0.2) is 6.23 Å². The Morgan fingerprint density at radius 3 is 2.33 bits per heavy atom. The fourth-order valence-corrected chi connectivity index (χ4v) is 1.22. The first-order chi connectivity index (χ1) is 7.07. The molecule has 0 aliphatic rings. The van der Waals surface area contributed by atoms with Crippen LogP contribution in [-0.2, 0) is 9.53 Å². The van der Waals surface area contributed by atoms with Gasteiger partial charge in [0, 0.05) is 12.3 Å². The fraction of sp³-hybridized carbons (Fsp3) is 0.917. The van der Waals surface area contributed by atoms with E-state index in [9.17, 15) is 4.79 Å². The molecule has 0 spiro atoms. The summed E-state index contributed by atoms with van der Waals surface area (Å²) >= 11 is 0. The number of esters is 1. The van der Waals surface area contributed by atoms with E-state index in [2.05, 4.69) is 6.92 Å². The molecule has 1 atom stereocenters. The highest BCUT2D eigenvalue weighted by molar-refractivity contribution is 5.69. The van der Waals surface area contributed by atoms with Gasteiger partial charge in [-0.15, -0.1) is 0 Å². The van der Waals surface area contributed by atoms with Crippen LogP contribution >= 0.6 is 0 Å². The zero-order valence-corrected chi connectivity index (χ0v) is 10.3. The lowest BCUT2D eigenvalue weighted by Crippen LogP contribution is -2.32. The molecule has 15 heavy (non-hydrogen) atoms. The molecule has 90 valence electrons. The van der Waals surface area contributed by atoms with Gasteiger partial charge in [0.25, 0.3) is 0 Å². The van der Waals surface area contributed by atoms with Gasteiger partial charge in [-0.2, -0.15) is 0 Å². The number of nitrogens with two attached hydrogens (primary N) is 1. The monoisotopic (exact) mass is 215 g/mol. The van der Waals surface area contributed by atoms with Crippen LogP contribution in [0.15, 0.2) is 0 Å². The summed E-state index contributed by atoms with van der Waals surface area (Å²) in [5.41, 5.74) is 5.63. The molecule has 0 saturated heterocycles. The second-order valence-electron chi connectivity index (χ2n) is 4.36. The Morgan fingerprint density at radius 2 is 1.80 bits per heavy atom. The average molecular weight is 215 g/mol. The first-order valence-corrected chi connectivity index (χ1v) is 6.03. The van der Waals surface area contributed by atoms with Crippen molar-refractivity contribution >= 4 is 5.97 Å². The number of carbonyl (C=O) groups is 1. The number of unbranched alkanes of at least 4 members (excludes halogenated alkanes) is 4. The van der Waals surface area contributed by atoms with Crippen LogP contribution in [0.3, 0.4) is 0 Å². The van der Waals surface area contributed by atoms with E-state index in [4.69, 9.17) is 10.5 Å². The number of carbonyl (C=O) groups excluding carboxylic acids is 1. The van der Waals surface area contributed by atoms with Crippen LogP contribution in [0.25, 0.3) is 0 Å². The summed E-state index contributed by atoms with van der Waals surface area (Å²) < 4.78 is 5.06. The van der Waals surface area contributed by atoms with E-state index >= 15 is 0 Å². The van der Waals surface area contributed by atoms with Crippen LogP contribution in [-0.4, -0.2) is 12.2 Å². The zero-order chi connectivity index (χ0) is 11.7. The van der Waals surface area contributed by atoms with Gasteiger partial charge >= 0.3 is 5.97 Å². The molecule has 0 saturated carbocycles. The van der Waals surface area contributed by atoms with E-state index in [1.807, 2.05) is 13.8 Å². The number of hydrogen-bond acceptors (Lipinski definition) is 3. The summed E-state index contributed by atoms with van der Waals surface area (Å²) in [5, 5.41) is 0. The molecule has 0 fully saturated rings. The Balaban J connectivity index is 3.41. The molecule has 0 aromatic rings. The van der Waals surface area contributed by atoms with Gasteiger partial charge in [0.2, 0.25) is 0 Å². The molecule has 0 radical (unpaired) electrons. The second kappa shape index (κ2) is 8.72. The zero-order valence-electron chi connectivity index (χ0n) is 10.3. The molecule has 0 aliphatic heterocycles. The summed E-state index contributed by atoms with van der Waals surface area (Å²) in [7, 11) is 0. The Kier molecular flexibility index (Phi) is 8.38. The van der Waals surface area contributed by atoms with Gasteiger partial charge < -0.3 is 4.74 Å². The quantitative estimate of drug-likeness (QED) is 0.385. The topological polar surface area (TPSA) is 52.3 Å². The van der Waals surface area contributed by atoms with Crippen molar-refractivity contribution in [3.05, 3.63) is 0 Å². The third-order valence-electron chi connectivity index (χ3n) is 2.41. The molecule has 0 heterocycles. The number of ether oxygens (including phenoxy) is 1. The predicted molar refractivity (Wildman–Crippen MR) is 62.3 cm³/mol. The van der Waals surface area contributed by atoms with Crippen molar-refractivity contribution in [2.24, 2.45) is 11.7 Å². The maximum atomic E-state index is 11.3. The smallest absolute Gasteiger partial charge is 0.307 e. The van der Waals surface area contributed by atoms with Crippen molar-refractivity contribution in [3.63, 3.8) is 0 Å². The standard InChI is InChI=1S/C12H25NO2/c1-4-5-6-7-8-9-11(14)15-12(13)10(2)3/h10,12H,4-9,13H2,1-3H3. The lowest BCUT2D eigenvalue weighted by atomic mass is 10.1. The molecule has 3 nitrogen and oxygen atoms in total. The molecule has 3 heteroatoms. The normalized spacial score (nSPS) is 12.9. The van der Waals surface area contributed by atoms with Crippen LogP contribution in [0.5, 0.6) is 0 Å². The van der Waals surface area contributed by atoms with E-state index in [-0.39, 0.29) is 11.9 Å². The molecule has 0 amide bonds. The molecule has 0 aliphatic carbocycles. The van der Waals surface area contributed by atoms with Crippen LogP contribution in [0, 0.1) is 5.92 Å². The first kappa shape index (κ1) is 14.4. The lowest BCUT2D eigenvalue weighted by molar-refractivity contribution is -0.151. The Bertz CT molecular complexity index is 169. The predicted octanol–water partition coefficient (Wildman–Crippen LogP) is 2.83. The molecule has 0 aromatic carbocycles. The summed E-state index contributed by atoms with van der Waals surface area (Å²) in [5.74, 6) is 0.0294. The summed E-state index contributed by atoms with van der Waals surface area (Å²) in [6.45, 7) is 6.06.